The van der Waals surface area contributed by atoms with Gasteiger partial charge in [0.05, 0.1) is 0 Å². The second-order valence-electron chi connectivity index (χ2n) is 0.247. The summed E-state index contributed by atoms with van der Waals surface area (Å²) in [6, 6.07) is 0. The maximum Gasteiger partial charge on any atom is 0.450 e. The van der Waals surface area contributed by atoms with E-state index in [1.165, 1.54) is 0 Å². The zero-order valence-electron chi connectivity index (χ0n) is 2.42. The molecule has 5 heavy (non-hydrogen) atoms. The maximum absolute atomic E-state index is 4.81. The van der Waals surface area contributed by atoms with Crippen LogP contribution in [0.15, 0.2) is 0 Å². The lowest BCUT2D eigenvalue weighted by atomic mass is 10.7. The Bertz CT molecular complexity index is 11.6. The van der Waals surface area contributed by atoms with Crippen molar-refractivity contribution in [1.82, 2.24) is 0 Å². The molecule has 0 nitrogen and oxygen atoms in total. The van der Waals surface area contributed by atoms with Crippen LogP contribution in [-0.2, 0) is 0 Å². The summed E-state index contributed by atoms with van der Waals surface area (Å²) < 4.78 is 0. The van der Waals surface area contributed by atoms with E-state index in [9.17, 15) is 0 Å². The molecule has 0 spiro atoms. The molecule has 0 aromatic carbocycles. The van der Waals surface area contributed by atoms with Gasteiger partial charge < -0.3 is 0 Å². The Hall–Kier alpha value is 1.70. The normalized spacial score (nSPS) is 5.40. The first kappa shape index (κ1) is 9.86. The fourth-order valence-electron chi connectivity index (χ4n) is 0. The Morgan fingerprint density at radius 2 is 1.00 bits per heavy atom. The minimum Gasteiger partial charge on any atom is -0.150 e. The molecule has 0 unspecified atom stereocenters. The Morgan fingerprint density at radius 1 is 1.00 bits per heavy atom. The van der Waals surface area contributed by atoms with E-state index in [1.54, 1.807) is 0 Å². The minimum absolute atomic E-state index is 0. The van der Waals surface area contributed by atoms with Crippen molar-refractivity contribution in [2.24, 2.45) is 0 Å². The fraction of sp³-hybridized carbons (Fsp3) is 0. The minimum atomic E-state index is -0.750. The average Bonchev–Trinajstić information content (AvgIpc) is 0.811. The Kier molecular flexibility index (Phi) is 11.2. The molecule has 0 aliphatic rings. The smallest absolute Gasteiger partial charge is 0.150 e. The summed E-state index contributed by atoms with van der Waals surface area (Å²) in [5.41, 5.74) is 0. The van der Waals surface area contributed by atoms with Gasteiger partial charge in [0.25, 0.3) is 0 Å². The monoisotopic (exact) mass is 140 g/mol. The largest absolute Gasteiger partial charge is 0.450 e. The highest BCUT2D eigenvalue weighted by atomic mass is 35.6. The van der Waals surface area contributed by atoms with Crippen LogP contribution in [0.25, 0.3) is 0 Å². The number of rotatable bonds is 0. The van der Waals surface area contributed by atoms with E-state index in [4.69, 9.17) is 34.4 Å². The van der Waals surface area contributed by atoms with Crippen molar-refractivity contribution in [2.75, 3.05) is 0 Å². The van der Waals surface area contributed by atoms with Crippen molar-refractivity contribution in [2.45, 2.75) is 0 Å². The van der Waals surface area contributed by atoms with Crippen molar-refractivity contribution in [1.29, 1.82) is 0 Å². The molecule has 0 bridgehead atoms. The molecule has 0 heterocycles. The van der Waals surface area contributed by atoms with Crippen LogP contribution >= 0.6 is 34.4 Å². The molecular weight excluding hydrogens is 141 g/mol. The maximum atomic E-state index is 4.81. The molecule has 0 aliphatic heterocycles. The van der Waals surface area contributed by atoms with Crippen LogP contribution in [0.5, 0.6) is 0 Å². The molecule has 0 atom stereocenters. The third-order valence-corrected chi connectivity index (χ3v) is 0. The lowest BCUT2D eigenvalue weighted by molar-refractivity contribution is 4.07. The summed E-state index contributed by atoms with van der Waals surface area (Å²) in [5, 5.41) is 0. The summed E-state index contributed by atoms with van der Waals surface area (Å²) in [6.45, 7) is 0. The van der Waals surface area contributed by atoms with Crippen molar-refractivity contribution in [3.8, 4) is 0 Å². The third kappa shape index (κ3) is 27.0. The van der Waals surface area contributed by atoms with Gasteiger partial charge in [0.2, 0.25) is 0 Å². The molecule has 0 rings (SSSR count). The van der Waals surface area contributed by atoms with E-state index in [-0.39, 0.29) is 23.1 Å². The zero-order valence-corrected chi connectivity index (χ0v) is 6.10. The molecule has 0 aliphatic carbocycles. The van der Waals surface area contributed by atoms with Gasteiger partial charge in [-0.25, -0.2) is 0 Å². The van der Waals surface area contributed by atoms with Crippen molar-refractivity contribution >= 4 is 62.4 Å². The van der Waals surface area contributed by atoms with Gasteiger partial charge in [-0.05, 0) is 0 Å². The Morgan fingerprint density at radius 3 is 1.00 bits per heavy atom. The molecule has 0 fully saturated rings. The van der Waals surface area contributed by atoms with Crippen molar-refractivity contribution in [3.63, 3.8) is 0 Å². The van der Waals surface area contributed by atoms with E-state index < -0.39 is 4.96 Å². The van der Waals surface area contributed by atoms with Crippen molar-refractivity contribution in [3.05, 3.63) is 0 Å². The van der Waals surface area contributed by atoms with E-state index in [1.807, 2.05) is 0 Å². The van der Waals surface area contributed by atoms with E-state index in [2.05, 4.69) is 0 Å². The van der Waals surface area contributed by atoms with E-state index >= 15 is 0 Å². The summed E-state index contributed by atoms with van der Waals surface area (Å²) >= 11 is 14.4. The number of halogens is 3. The second kappa shape index (κ2) is 5.70. The first-order valence-electron chi connectivity index (χ1n) is 0.655. The van der Waals surface area contributed by atoms with Crippen LogP contribution < -0.4 is 0 Å². The summed E-state index contributed by atoms with van der Waals surface area (Å²) in [7, 11) is 0. The molecular formula is BCl3Mg. The molecule has 0 aromatic heterocycles. The predicted molar refractivity (Wildman–Crippen MR) is 29.1 cm³/mol. The predicted octanol–water partition coefficient (Wildman–Crippen LogP) is 1.31. The molecule has 0 N–H and O–H groups in total. The second-order valence-corrected chi connectivity index (χ2v) is 2.23. The standard InChI is InChI=1S/BCl3.Mg/c2-1(3)4;. The summed E-state index contributed by atoms with van der Waals surface area (Å²) in [4.78, 5) is -0.750. The van der Waals surface area contributed by atoms with Gasteiger partial charge >= 0.3 is 4.96 Å². The topological polar surface area (TPSA) is 0 Å². The van der Waals surface area contributed by atoms with Crippen LogP contribution in [0.2, 0.25) is 0 Å². The van der Waals surface area contributed by atoms with Crippen molar-refractivity contribution < 1.29 is 0 Å². The molecule has 26 valence electrons. The number of hydrogen-bond donors (Lipinski definition) is 0. The van der Waals surface area contributed by atoms with Crippen LogP contribution in [0.4, 0.5) is 0 Å². The van der Waals surface area contributed by atoms with E-state index in [0.717, 1.165) is 0 Å². The zero-order chi connectivity index (χ0) is 3.58. The Balaban J connectivity index is 0. The van der Waals surface area contributed by atoms with Crippen LogP contribution in [0.1, 0.15) is 0 Å². The van der Waals surface area contributed by atoms with Gasteiger partial charge in [-0.3, -0.25) is 0 Å². The first-order chi connectivity index (χ1) is 1.73. The molecule has 2 radical (unpaired) electrons. The summed E-state index contributed by atoms with van der Waals surface area (Å²) in [5.74, 6) is 0. The SMILES string of the molecule is ClB(Cl)Cl.[Mg]. The molecule has 5 heteroatoms. The molecule has 0 saturated carbocycles. The third-order valence-electron chi connectivity index (χ3n) is 0. The highest BCUT2D eigenvalue weighted by molar-refractivity contribution is 7.54. The van der Waals surface area contributed by atoms with Gasteiger partial charge in [0.1, 0.15) is 0 Å². The van der Waals surface area contributed by atoms with E-state index in [0.29, 0.717) is 0 Å². The van der Waals surface area contributed by atoms with Crippen LogP contribution in [-0.4, -0.2) is 28.0 Å². The summed E-state index contributed by atoms with van der Waals surface area (Å²) in [6.07, 6.45) is 0. The first-order valence-corrected chi connectivity index (χ1v) is 1.96. The average molecular weight is 141 g/mol. The number of hydrogen-bond acceptors (Lipinski definition) is 0. The van der Waals surface area contributed by atoms with Gasteiger partial charge in [-0.2, -0.15) is 34.4 Å². The highest BCUT2D eigenvalue weighted by Crippen LogP contribution is 1.97. The Labute approximate surface area is 62.1 Å². The fourth-order valence-corrected chi connectivity index (χ4v) is 0. The molecule has 0 amide bonds. The van der Waals surface area contributed by atoms with Crippen LogP contribution in [0, 0.1) is 0 Å². The lowest BCUT2D eigenvalue weighted by Crippen LogP contribution is -1.66. The van der Waals surface area contributed by atoms with Gasteiger partial charge in [-0.1, -0.05) is 0 Å². The van der Waals surface area contributed by atoms with Crippen LogP contribution in [0.3, 0.4) is 0 Å². The lowest BCUT2D eigenvalue weighted by Gasteiger charge is -1.61. The quantitative estimate of drug-likeness (QED) is 0.446. The highest BCUT2D eigenvalue weighted by Gasteiger charge is 1.91. The molecule has 0 aromatic rings. The van der Waals surface area contributed by atoms with Gasteiger partial charge in [0.15, 0.2) is 0 Å². The van der Waals surface area contributed by atoms with Gasteiger partial charge in [-0.15, -0.1) is 0 Å². The van der Waals surface area contributed by atoms with Gasteiger partial charge in [0, 0.05) is 23.1 Å². The molecule has 0 saturated heterocycles.